The van der Waals surface area contributed by atoms with Crippen LogP contribution in [0.1, 0.15) is 94.9 Å². The molecule has 0 heterocycles. The lowest BCUT2D eigenvalue weighted by atomic mass is 9.73. The average Bonchev–Trinajstić information content (AvgIpc) is 2.93. The molecule has 0 saturated heterocycles. The highest BCUT2D eigenvalue weighted by Gasteiger charge is 2.53. The van der Waals surface area contributed by atoms with Crippen LogP contribution in [0.2, 0.25) is 15.6 Å². The standard InChI is InChI=1S/C24H45NOSi/c1-11-15-20(26)25-18(4)21(27(22(5,6)7)23(8,9)10)24(13-3)17-14-16-19(24)12-2/h14,16-18,21,27H,11-13,15H2,1-10H3,(H,25,26). The molecule has 3 unspecified atom stereocenters. The summed E-state index contributed by atoms with van der Waals surface area (Å²) in [5.74, 6) is 0.209. The van der Waals surface area contributed by atoms with Crippen LogP contribution in [-0.4, -0.2) is 20.7 Å². The molecule has 0 fully saturated rings. The quantitative estimate of drug-likeness (QED) is 0.453. The van der Waals surface area contributed by atoms with Crippen LogP contribution in [0, 0.1) is 5.41 Å². The lowest BCUT2D eigenvalue weighted by molar-refractivity contribution is -0.121. The third-order valence-electron chi connectivity index (χ3n) is 6.48. The first-order chi connectivity index (χ1) is 12.3. The lowest BCUT2D eigenvalue weighted by Gasteiger charge is -2.53. The number of nitrogens with one attached hydrogen (secondary N) is 1. The van der Waals surface area contributed by atoms with Gasteiger partial charge in [0, 0.05) is 17.9 Å². The number of hydrogen-bond donors (Lipinski definition) is 1. The smallest absolute Gasteiger partial charge is 0.220 e. The zero-order valence-electron chi connectivity index (χ0n) is 19.7. The van der Waals surface area contributed by atoms with Gasteiger partial charge in [0.2, 0.25) is 5.91 Å². The Labute approximate surface area is 170 Å². The number of amides is 1. The summed E-state index contributed by atoms with van der Waals surface area (Å²) in [7, 11) is -1.36. The molecular weight excluding hydrogens is 346 g/mol. The van der Waals surface area contributed by atoms with Crippen LogP contribution in [-0.2, 0) is 4.79 Å². The minimum Gasteiger partial charge on any atom is -0.354 e. The van der Waals surface area contributed by atoms with Crippen molar-refractivity contribution in [2.75, 3.05) is 0 Å². The predicted octanol–water partition coefficient (Wildman–Crippen LogP) is 6.79. The fourth-order valence-electron chi connectivity index (χ4n) is 6.00. The maximum Gasteiger partial charge on any atom is 0.220 e. The summed E-state index contributed by atoms with van der Waals surface area (Å²) < 4.78 is 0. The third-order valence-corrected chi connectivity index (χ3v) is 12.1. The molecule has 2 nitrogen and oxygen atoms in total. The number of hydrogen-bond acceptors (Lipinski definition) is 1. The van der Waals surface area contributed by atoms with E-state index in [-0.39, 0.29) is 27.4 Å². The SMILES string of the molecule is CCCC(=O)NC(C)C([SiH](C(C)(C)C)C(C)(C)C)C1(CC)C=CC=C1CC. The second-order valence-corrected chi connectivity index (χ2v) is 15.8. The third kappa shape index (κ3) is 5.37. The highest BCUT2D eigenvalue weighted by molar-refractivity contribution is 6.67. The summed E-state index contributed by atoms with van der Waals surface area (Å²) >= 11 is 0. The van der Waals surface area contributed by atoms with Gasteiger partial charge in [0.1, 0.15) is 0 Å². The van der Waals surface area contributed by atoms with Crippen molar-refractivity contribution in [3.05, 3.63) is 23.8 Å². The van der Waals surface area contributed by atoms with Gasteiger partial charge in [0.15, 0.2) is 0 Å². The van der Waals surface area contributed by atoms with Crippen molar-refractivity contribution in [1.82, 2.24) is 5.32 Å². The summed E-state index contributed by atoms with van der Waals surface area (Å²) in [4.78, 5) is 12.5. The number of carbonyl (C=O) groups excluding carboxylic acids is 1. The second-order valence-electron chi connectivity index (χ2n) is 10.6. The average molecular weight is 392 g/mol. The van der Waals surface area contributed by atoms with E-state index in [0.29, 0.717) is 12.0 Å². The van der Waals surface area contributed by atoms with Crippen molar-refractivity contribution in [1.29, 1.82) is 0 Å². The van der Waals surface area contributed by atoms with E-state index in [1.165, 1.54) is 0 Å². The van der Waals surface area contributed by atoms with Crippen LogP contribution < -0.4 is 5.32 Å². The van der Waals surface area contributed by atoms with Gasteiger partial charge in [-0.25, -0.2) is 0 Å². The molecule has 1 aliphatic carbocycles. The van der Waals surface area contributed by atoms with E-state index in [0.717, 1.165) is 19.3 Å². The van der Waals surface area contributed by atoms with E-state index in [2.05, 4.69) is 92.8 Å². The highest BCUT2D eigenvalue weighted by Crippen LogP contribution is 2.59. The molecule has 1 amide bonds. The predicted molar refractivity (Wildman–Crippen MR) is 123 cm³/mol. The minimum atomic E-state index is -1.36. The fourth-order valence-corrected chi connectivity index (χ4v) is 12.6. The maximum absolute atomic E-state index is 12.5. The molecule has 0 radical (unpaired) electrons. The van der Waals surface area contributed by atoms with E-state index < -0.39 is 8.80 Å². The molecule has 0 aliphatic heterocycles. The van der Waals surface area contributed by atoms with E-state index in [4.69, 9.17) is 0 Å². The van der Waals surface area contributed by atoms with Crippen LogP contribution in [0.3, 0.4) is 0 Å². The lowest BCUT2D eigenvalue weighted by Crippen LogP contribution is -2.54. The normalized spacial score (nSPS) is 22.7. The van der Waals surface area contributed by atoms with E-state index >= 15 is 0 Å². The second kappa shape index (κ2) is 9.11. The van der Waals surface area contributed by atoms with Gasteiger partial charge < -0.3 is 5.32 Å². The summed E-state index contributed by atoms with van der Waals surface area (Å²) in [6.07, 6.45) is 10.8. The maximum atomic E-state index is 12.5. The Hall–Kier alpha value is -0.833. The molecule has 3 atom stereocenters. The molecule has 1 N–H and O–H groups in total. The largest absolute Gasteiger partial charge is 0.354 e. The van der Waals surface area contributed by atoms with Crippen molar-refractivity contribution < 1.29 is 4.79 Å². The topological polar surface area (TPSA) is 29.1 Å². The van der Waals surface area contributed by atoms with Crippen molar-refractivity contribution >= 4 is 14.7 Å². The van der Waals surface area contributed by atoms with Crippen molar-refractivity contribution in [3.8, 4) is 0 Å². The number of allylic oxidation sites excluding steroid dienone is 4. The van der Waals surface area contributed by atoms with Crippen molar-refractivity contribution in [2.24, 2.45) is 5.41 Å². The Balaban J connectivity index is 3.54. The van der Waals surface area contributed by atoms with Crippen molar-refractivity contribution in [3.63, 3.8) is 0 Å². The van der Waals surface area contributed by atoms with E-state index in [1.54, 1.807) is 5.57 Å². The van der Waals surface area contributed by atoms with Crippen molar-refractivity contribution in [2.45, 2.75) is 117 Å². The molecule has 0 aromatic heterocycles. The van der Waals surface area contributed by atoms with Crippen LogP contribution in [0.4, 0.5) is 0 Å². The molecule has 0 bridgehead atoms. The molecular formula is C24H45NOSi. The molecule has 156 valence electrons. The van der Waals surface area contributed by atoms with Crippen LogP contribution >= 0.6 is 0 Å². The summed E-state index contributed by atoms with van der Waals surface area (Å²) in [5.41, 5.74) is 2.14. The van der Waals surface area contributed by atoms with E-state index in [9.17, 15) is 4.79 Å². The summed E-state index contributed by atoms with van der Waals surface area (Å²) in [5, 5.41) is 3.98. The Bertz CT molecular complexity index is 550. The molecule has 27 heavy (non-hydrogen) atoms. The van der Waals surface area contributed by atoms with Gasteiger partial charge in [0.25, 0.3) is 0 Å². The first-order valence-electron chi connectivity index (χ1n) is 11.0. The highest BCUT2D eigenvalue weighted by atomic mass is 28.3. The molecule has 1 rings (SSSR count). The van der Waals surface area contributed by atoms with Gasteiger partial charge in [-0.1, -0.05) is 86.1 Å². The molecule has 0 aromatic rings. The summed E-state index contributed by atoms with van der Waals surface area (Å²) in [6.45, 7) is 23.6. The first-order valence-corrected chi connectivity index (χ1v) is 12.9. The number of rotatable bonds is 8. The monoisotopic (exact) mass is 391 g/mol. The van der Waals surface area contributed by atoms with Crippen LogP contribution in [0.5, 0.6) is 0 Å². The van der Waals surface area contributed by atoms with Gasteiger partial charge in [0.05, 0.1) is 8.80 Å². The fraction of sp³-hybridized carbons (Fsp3) is 0.792. The molecule has 3 heteroatoms. The molecule has 0 saturated carbocycles. The van der Waals surface area contributed by atoms with Gasteiger partial charge in [-0.3, -0.25) is 4.79 Å². The summed E-state index contributed by atoms with van der Waals surface area (Å²) in [6, 6.07) is 0.191. The van der Waals surface area contributed by atoms with Gasteiger partial charge >= 0.3 is 0 Å². The number of carbonyl (C=O) groups is 1. The molecule has 0 aromatic carbocycles. The Kier molecular flexibility index (Phi) is 8.17. The van der Waals surface area contributed by atoms with Crippen LogP contribution in [0.25, 0.3) is 0 Å². The van der Waals surface area contributed by atoms with Gasteiger partial charge in [-0.2, -0.15) is 0 Å². The Morgan fingerprint density at radius 3 is 2.07 bits per heavy atom. The Morgan fingerprint density at radius 1 is 1.11 bits per heavy atom. The Morgan fingerprint density at radius 2 is 1.67 bits per heavy atom. The molecule has 1 aliphatic rings. The van der Waals surface area contributed by atoms with Crippen LogP contribution in [0.15, 0.2) is 23.8 Å². The van der Waals surface area contributed by atoms with Gasteiger partial charge in [-0.15, -0.1) is 0 Å². The first kappa shape index (κ1) is 24.2. The van der Waals surface area contributed by atoms with E-state index in [1.807, 2.05) is 0 Å². The van der Waals surface area contributed by atoms with Gasteiger partial charge in [-0.05, 0) is 41.8 Å². The zero-order valence-corrected chi connectivity index (χ0v) is 20.9. The molecule has 0 spiro atoms. The minimum absolute atomic E-state index is 0.0884. The zero-order chi connectivity index (χ0) is 21.0.